The number of carbonyl (C=O) groups excluding carboxylic acids is 1. The standard InChI is InChI=1S/C70H125NO18/c1-3-5-7-8-9-10-11-12-13-14-15-16-17-18-19-20-21-22-23-24-25-26-27-28-29-30-31-32-33-34-35-36-37-38-39-40-41-42-43-44-46-48-58(76)71-53(54(75)47-45-6-4-2)52-84-68-64(82)61(79)66(56(50-73)86-68)89-70-65(83)62(80)67(57(51-74)87-70)88-69-63(81)60(78)59(77)55(49-72)85-69/h5,7,9-10,12-13,15-16,18-19,53-57,59-70,72-75,77-83H,3-4,6,8,11,14,17,20-52H2,1-2H3,(H,71,76)/b7-5-,10-9-,13-12-,16-15-,19-18-. The lowest BCUT2D eigenvalue weighted by molar-refractivity contribution is -0.379. The Morgan fingerprint density at radius 3 is 1.19 bits per heavy atom. The maximum absolute atomic E-state index is 13.2. The van der Waals surface area contributed by atoms with Crippen LogP contribution in [0.1, 0.15) is 245 Å². The van der Waals surface area contributed by atoms with Crippen LogP contribution in [0, 0.1) is 0 Å². The molecule has 0 saturated carbocycles. The van der Waals surface area contributed by atoms with Crippen molar-refractivity contribution in [2.24, 2.45) is 0 Å². The van der Waals surface area contributed by atoms with Crippen LogP contribution in [0.3, 0.4) is 0 Å². The summed E-state index contributed by atoms with van der Waals surface area (Å²) in [6, 6.07) is -0.881. The first-order chi connectivity index (χ1) is 43.3. The highest BCUT2D eigenvalue weighted by Crippen LogP contribution is 2.33. The minimum Gasteiger partial charge on any atom is -0.394 e. The molecule has 0 radical (unpaired) electrons. The first kappa shape index (κ1) is 80.7. The fourth-order valence-electron chi connectivity index (χ4n) is 11.7. The van der Waals surface area contributed by atoms with E-state index in [4.69, 9.17) is 28.4 Å². The molecule has 17 unspecified atom stereocenters. The predicted molar refractivity (Wildman–Crippen MR) is 346 cm³/mol. The van der Waals surface area contributed by atoms with Crippen molar-refractivity contribution in [3.8, 4) is 0 Å². The second kappa shape index (κ2) is 51.8. The van der Waals surface area contributed by atoms with Gasteiger partial charge in [0, 0.05) is 6.42 Å². The summed E-state index contributed by atoms with van der Waals surface area (Å²) < 4.78 is 34.1. The topological polar surface area (TPSA) is 307 Å². The van der Waals surface area contributed by atoms with Crippen molar-refractivity contribution in [3.63, 3.8) is 0 Å². The Labute approximate surface area is 535 Å². The molecule has 3 saturated heterocycles. The van der Waals surface area contributed by atoms with Crippen LogP contribution in [0.4, 0.5) is 0 Å². The lowest BCUT2D eigenvalue weighted by atomic mass is 9.96. The average molecular weight is 1270 g/mol. The number of hydrogen-bond donors (Lipinski definition) is 12. The van der Waals surface area contributed by atoms with E-state index in [0.717, 1.165) is 64.2 Å². The summed E-state index contributed by atoms with van der Waals surface area (Å²) in [5.74, 6) is -0.252. The number of nitrogens with one attached hydrogen (secondary N) is 1. The van der Waals surface area contributed by atoms with E-state index in [1.54, 1.807) is 0 Å². The third-order valence-corrected chi connectivity index (χ3v) is 17.4. The lowest BCUT2D eigenvalue weighted by Crippen LogP contribution is -2.66. The molecule has 1 amide bonds. The van der Waals surface area contributed by atoms with Crippen LogP contribution in [0.25, 0.3) is 0 Å². The zero-order valence-corrected chi connectivity index (χ0v) is 54.6. The van der Waals surface area contributed by atoms with Gasteiger partial charge in [0.1, 0.15) is 73.2 Å². The minimum absolute atomic E-state index is 0.252. The van der Waals surface area contributed by atoms with Gasteiger partial charge in [-0.15, -0.1) is 0 Å². The summed E-state index contributed by atoms with van der Waals surface area (Å²) in [5.41, 5.74) is 0. The molecule has 0 aromatic heterocycles. The first-order valence-corrected chi connectivity index (χ1v) is 35.0. The van der Waals surface area contributed by atoms with E-state index in [2.05, 4.69) is 73.0 Å². The van der Waals surface area contributed by atoms with Crippen molar-refractivity contribution < 1.29 is 89.4 Å². The summed E-state index contributed by atoms with van der Waals surface area (Å²) in [6.45, 7) is 1.49. The Morgan fingerprint density at radius 1 is 0.416 bits per heavy atom. The molecule has 3 aliphatic heterocycles. The van der Waals surface area contributed by atoms with Crippen LogP contribution >= 0.6 is 0 Å². The van der Waals surface area contributed by atoms with E-state index in [1.807, 2.05) is 6.92 Å². The Kier molecular flexibility index (Phi) is 47.0. The van der Waals surface area contributed by atoms with Crippen LogP contribution in [-0.2, 0) is 33.2 Å². The van der Waals surface area contributed by atoms with E-state index in [0.29, 0.717) is 19.3 Å². The van der Waals surface area contributed by atoms with Crippen molar-refractivity contribution >= 4 is 5.91 Å². The molecule has 89 heavy (non-hydrogen) atoms. The summed E-state index contributed by atoms with van der Waals surface area (Å²) in [5, 5.41) is 119. The molecular formula is C70H125NO18. The number of allylic oxidation sites excluding steroid dienone is 10. The SMILES string of the molecule is CC/C=C\C/C=C\C/C=C\C/C=C\C/C=C\CCCCCCCCCCCCCCCCCCCCCCCCCCCC(=O)NC(COC1OC(CO)C(OC2OC(CO)C(OC3OC(CO)C(O)C(O)C3O)C(O)C2O)C(O)C1O)C(O)CCCCC. The summed E-state index contributed by atoms with van der Waals surface area (Å²) in [7, 11) is 0. The number of hydrogen-bond acceptors (Lipinski definition) is 18. The lowest BCUT2D eigenvalue weighted by Gasteiger charge is -2.48. The number of aliphatic hydroxyl groups is 11. The molecule has 0 bridgehead atoms. The first-order valence-electron chi connectivity index (χ1n) is 35.0. The van der Waals surface area contributed by atoms with Crippen molar-refractivity contribution in [3.05, 3.63) is 60.8 Å². The normalized spacial score (nSPS) is 28.6. The zero-order valence-electron chi connectivity index (χ0n) is 54.6. The average Bonchev–Trinajstić information content (AvgIpc) is 1.74. The maximum Gasteiger partial charge on any atom is 0.220 e. The fraction of sp³-hybridized carbons (Fsp3) is 0.843. The van der Waals surface area contributed by atoms with Crippen molar-refractivity contribution in [2.45, 2.75) is 349 Å². The molecule has 0 aromatic rings. The molecule has 3 heterocycles. The molecule has 3 aliphatic rings. The van der Waals surface area contributed by atoms with Crippen LogP contribution < -0.4 is 5.32 Å². The second-order valence-electron chi connectivity index (χ2n) is 25.0. The summed E-state index contributed by atoms with van der Waals surface area (Å²) in [4.78, 5) is 13.2. The van der Waals surface area contributed by atoms with E-state index < -0.39 is 124 Å². The van der Waals surface area contributed by atoms with E-state index in [1.165, 1.54) is 141 Å². The largest absolute Gasteiger partial charge is 0.394 e. The van der Waals surface area contributed by atoms with Gasteiger partial charge in [0.15, 0.2) is 18.9 Å². The molecule has 19 heteroatoms. The van der Waals surface area contributed by atoms with Crippen LogP contribution in [0.2, 0.25) is 0 Å². The Bertz CT molecular complexity index is 1850. The number of carbonyl (C=O) groups is 1. The maximum atomic E-state index is 13.2. The molecule has 17 atom stereocenters. The highest BCUT2D eigenvalue weighted by molar-refractivity contribution is 5.76. The Balaban J connectivity index is 1.17. The minimum atomic E-state index is -1.97. The van der Waals surface area contributed by atoms with Crippen molar-refractivity contribution in [1.82, 2.24) is 5.32 Å². The van der Waals surface area contributed by atoms with Crippen molar-refractivity contribution in [1.29, 1.82) is 0 Å². The Morgan fingerprint density at radius 2 is 0.775 bits per heavy atom. The molecule has 3 fully saturated rings. The van der Waals surface area contributed by atoms with E-state index in [9.17, 15) is 61.0 Å². The number of rotatable bonds is 53. The van der Waals surface area contributed by atoms with Gasteiger partial charge >= 0.3 is 0 Å². The molecule has 518 valence electrons. The van der Waals surface area contributed by atoms with E-state index in [-0.39, 0.29) is 18.9 Å². The highest BCUT2D eigenvalue weighted by atomic mass is 16.8. The molecule has 19 nitrogen and oxygen atoms in total. The quantitative estimate of drug-likeness (QED) is 0.0199. The number of amides is 1. The van der Waals surface area contributed by atoms with Crippen LogP contribution in [-0.4, -0.2) is 193 Å². The van der Waals surface area contributed by atoms with Gasteiger partial charge in [-0.05, 0) is 57.8 Å². The van der Waals surface area contributed by atoms with Gasteiger partial charge in [0.2, 0.25) is 5.91 Å². The predicted octanol–water partition coefficient (Wildman–Crippen LogP) is 9.16. The van der Waals surface area contributed by atoms with Gasteiger partial charge < -0.3 is 89.9 Å². The Hall–Kier alpha value is -2.51. The van der Waals surface area contributed by atoms with E-state index >= 15 is 0 Å². The molecule has 3 rings (SSSR count). The number of unbranched alkanes of at least 4 members (excludes halogenated alkanes) is 27. The van der Waals surface area contributed by atoms with Crippen molar-refractivity contribution in [2.75, 3.05) is 26.4 Å². The van der Waals surface area contributed by atoms with Gasteiger partial charge in [0.05, 0.1) is 38.6 Å². The molecular weight excluding hydrogens is 1140 g/mol. The van der Waals surface area contributed by atoms with Crippen LogP contribution in [0.15, 0.2) is 60.8 Å². The molecule has 0 spiro atoms. The van der Waals surface area contributed by atoms with Gasteiger partial charge in [-0.1, -0.05) is 242 Å². The van der Waals surface area contributed by atoms with Gasteiger partial charge in [0.25, 0.3) is 0 Å². The molecule has 0 aliphatic carbocycles. The number of ether oxygens (including phenoxy) is 6. The fourth-order valence-corrected chi connectivity index (χ4v) is 11.7. The second-order valence-corrected chi connectivity index (χ2v) is 25.0. The third kappa shape index (κ3) is 33.9. The van der Waals surface area contributed by atoms with Gasteiger partial charge in [-0.2, -0.15) is 0 Å². The van der Waals surface area contributed by atoms with Gasteiger partial charge in [-0.3, -0.25) is 4.79 Å². The molecule has 12 N–H and O–H groups in total. The molecule has 0 aromatic carbocycles. The summed E-state index contributed by atoms with van der Waals surface area (Å²) in [6.07, 6.45) is 37.8. The number of aliphatic hydroxyl groups excluding tert-OH is 11. The monoisotopic (exact) mass is 1270 g/mol. The zero-order chi connectivity index (χ0) is 64.7. The van der Waals surface area contributed by atoms with Gasteiger partial charge in [-0.25, -0.2) is 0 Å². The smallest absolute Gasteiger partial charge is 0.220 e. The van der Waals surface area contributed by atoms with Crippen LogP contribution in [0.5, 0.6) is 0 Å². The highest BCUT2D eigenvalue weighted by Gasteiger charge is 2.53. The summed E-state index contributed by atoms with van der Waals surface area (Å²) >= 11 is 0. The third-order valence-electron chi connectivity index (χ3n) is 17.4.